The lowest BCUT2D eigenvalue weighted by Gasteiger charge is -2.17. The minimum Gasteiger partial charge on any atom is -0.467 e. The molecule has 0 fully saturated rings. The van der Waals surface area contributed by atoms with Crippen LogP contribution in [0.4, 0.5) is 32.4 Å². The summed E-state index contributed by atoms with van der Waals surface area (Å²) in [6.45, 7) is 0. The molecule has 3 aromatic carbocycles. The molecule has 4 rings (SSSR count). The zero-order valence-electron chi connectivity index (χ0n) is 19.0. The van der Waals surface area contributed by atoms with Crippen LogP contribution in [0.1, 0.15) is 5.56 Å². The molecule has 0 aliphatic rings. The van der Waals surface area contributed by atoms with Gasteiger partial charge in [0.25, 0.3) is 0 Å². The summed E-state index contributed by atoms with van der Waals surface area (Å²) in [7, 11) is 1.17. The van der Waals surface area contributed by atoms with Crippen molar-refractivity contribution in [3.8, 4) is 11.5 Å². The molecule has 0 aliphatic heterocycles. The number of para-hydroxylation sites is 1. The standard InChI is InChI=1S/C25H18F5N3O4/c1-36-24(34)17(9-12-11-31-16-8-3-2-7-15(12)16)33-25(35)32-13-5-4-6-14(10-13)37-23-21(29)19(27)18(26)20(28)22(23)30/h2-8,10-11,17,31H,9H2,1H3,(H2,32,33,35). The monoisotopic (exact) mass is 519 g/mol. The van der Waals surface area contributed by atoms with Gasteiger partial charge in [0.2, 0.25) is 34.8 Å². The van der Waals surface area contributed by atoms with Crippen molar-refractivity contribution in [1.82, 2.24) is 10.3 Å². The maximum absolute atomic E-state index is 13.9. The quantitative estimate of drug-likeness (QED) is 0.129. The fraction of sp³-hybridized carbons (Fsp3) is 0.120. The lowest BCUT2D eigenvalue weighted by molar-refractivity contribution is -0.142. The number of anilines is 1. The van der Waals surface area contributed by atoms with Crippen LogP contribution in [0.2, 0.25) is 0 Å². The minimum atomic E-state index is -2.32. The van der Waals surface area contributed by atoms with Crippen LogP contribution in [-0.2, 0) is 16.0 Å². The fourth-order valence-electron chi connectivity index (χ4n) is 3.61. The molecule has 12 heteroatoms. The molecule has 3 N–H and O–H groups in total. The highest BCUT2D eigenvalue weighted by Crippen LogP contribution is 2.33. The minimum absolute atomic E-state index is 0.0366. The van der Waals surface area contributed by atoms with Crippen LogP contribution in [0.3, 0.4) is 0 Å². The van der Waals surface area contributed by atoms with Gasteiger partial charge in [-0.05, 0) is 23.8 Å². The molecule has 0 bridgehead atoms. The maximum atomic E-state index is 13.9. The first-order valence-electron chi connectivity index (χ1n) is 10.7. The zero-order valence-corrected chi connectivity index (χ0v) is 19.0. The van der Waals surface area contributed by atoms with Gasteiger partial charge in [-0.15, -0.1) is 0 Å². The first kappa shape index (κ1) is 25.5. The molecular weight excluding hydrogens is 501 g/mol. The summed E-state index contributed by atoms with van der Waals surface area (Å²) in [4.78, 5) is 28.0. The average molecular weight is 519 g/mol. The Morgan fingerprint density at radius 3 is 2.30 bits per heavy atom. The average Bonchev–Trinajstić information content (AvgIpc) is 3.31. The largest absolute Gasteiger partial charge is 0.467 e. The molecule has 1 heterocycles. The van der Waals surface area contributed by atoms with Gasteiger partial charge in [0.15, 0.2) is 0 Å². The number of halogens is 5. The van der Waals surface area contributed by atoms with Crippen molar-refractivity contribution in [1.29, 1.82) is 0 Å². The topological polar surface area (TPSA) is 92.5 Å². The van der Waals surface area contributed by atoms with Crippen LogP contribution in [0, 0.1) is 29.1 Å². The Hall–Kier alpha value is -4.61. The predicted octanol–water partition coefficient (Wildman–Crippen LogP) is 5.56. The molecule has 1 aromatic heterocycles. The maximum Gasteiger partial charge on any atom is 0.328 e. The molecule has 4 aromatic rings. The smallest absolute Gasteiger partial charge is 0.328 e. The summed E-state index contributed by atoms with van der Waals surface area (Å²) >= 11 is 0. The summed E-state index contributed by atoms with van der Waals surface area (Å²) in [6.07, 6.45) is 1.81. The summed E-state index contributed by atoms with van der Waals surface area (Å²) in [5.74, 6) is -13.5. The predicted molar refractivity (Wildman–Crippen MR) is 123 cm³/mol. The van der Waals surface area contributed by atoms with Gasteiger partial charge in [-0.25, -0.2) is 22.8 Å². The second-order valence-corrected chi connectivity index (χ2v) is 7.77. The SMILES string of the molecule is COC(=O)C(Cc1c[nH]c2ccccc12)NC(=O)Nc1cccc(Oc2c(F)c(F)c(F)c(F)c2F)c1. The summed E-state index contributed by atoms with van der Waals surface area (Å²) in [6, 6.07) is 10.4. The number of aromatic nitrogens is 1. The van der Waals surface area contributed by atoms with Crippen LogP contribution in [-0.4, -0.2) is 30.1 Å². The van der Waals surface area contributed by atoms with Crippen molar-refractivity contribution < 1.29 is 41.0 Å². The van der Waals surface area contributed by atoms with Crippen molar-refractivity contribution >= 4 is 28.6 Å². The third kappa shape index (κ3) is 5.32. The van der Waals surface area contributed by atoms with Gasteiger partial charge in [0, 0.05) is 35.3 Å². The van der Waals surface area contributed by atoms with Gasteiger partial charge in [0.1, 0.15) is 11.8 Å². The van der Waals surface area contributed by atoms with Gasteiger partial charge >= 0.3 is 12.0 Å². The molecule has 0 saturated carbocycles. The number of aromatic amines is 1. The number of methoxy groups -OCH3 is 1. The van der Waals surface area contributed by atoms with Gasteiger partial charge in [-0.1, -0.05) is 24.3 Å². The van der Waals surface area contributed by atoms with E-state index in [2.05, 4.69) is 15.6 Å². The van der Waals surface area contributed by atoms with E-state index in [0.29, 0.717) is 0 Å². The van der Waals surface area contributed by atoms with Crippen molar-refractivity contribution in [3.63, 3.8) is 0 Å². The number of esters is 1. The molecule has 0 saturated heterocycles. The van der Waals surface area contributed by atoms with Crippen LogP contribution >= 0.6 is 0 Å². The Bertz CT molecular complexity index is 1460. The lowest BCUT2D eigenvalue weighted by atomic mass is 10.1. The number of hydrogen-bond acceptors (Lipinski definition) is 4. The van der Waals surface area contributed by atoms with E-state index in [-0.39, 0.29) is 17.9 Å². The molecule has 7 nitrogen and oxygen atoms in total. The number of benzene rings is 3. The number of fused-ring (bicyclic) bond motifs is 1. The van der Waals surface area contributed by atoms with Crippen molar-refractivity contribution in [2.24, 2.45) is 0 Å². The van der Waals surface area contributed by atoms with Gasteiger partial charge in [-0.2, -0.15) is 8.78 Å². The second kappa shape index (κ2) is 10.6. The molecule has 1 atom stereocenters. The third-order valence-corrected chi connectivity index (χ3v) is 5.37. The molecule has 0 radical (unpaired) electrons. The van der Waals surface area contributed by atoms with E-state index in [9.17, 15) is 31.5 Å². The number of carbonyl (C=O) groups is 2. The Balaban J connectivity index is 1.49. The summed E-state index contributed by atoms with van der Waals surface area (Å²) < 4.78 is 77.7. The number of urea groups is 1. The first-order chi connectivity index (χ1) is 17.7. The van der Waals surface area contributed by atoms with Gasteiger partial charge in [-0.3, -0.25) is 0 Å². The highest BCUT2D eigenvalue weighted by molar-refractivity contribution is 5.93. The summed E-state index contributed by atoms with van der Waals surface area (Å²) in [5, 5.41) is 5.76. The van der Waals surface area contributed by atoms with Crippen molar-refractivity contribution in [2.75, 3.05) is 12.4 Å². The molecule has 192 valence electrons. The van der Waals surface area contributed by atoms with Crippen LogP contribution < -0.4 is 15.4 Å². The van der Waals surface area contributed by atoms with Crippen LogP contribution in [0.5, 0.6) is 11.5 Å². The van der Waals surface area contributed by atoms with Gasteiger partial charge < -0.3 is 25.1 Å². The van der Waals surface area contributed by atoms with E-state index in [1.807, 2.05) is 24.3 Å². The van der Waals surface area contributed by atoms with Crippen molar-refractivity contribution in [3.05, 3.63) is 89.4 Å². The lowest BCUT2D eigenvalue weighted by Crippen LogP contribution is -2.45. The van der Waals surface area contributed by atoms with E-state index in [0.717, 1.165) is 22.5 Å². The third-order valence-electron chi connectivity index (χ3n) is 5.37. The Morgan fingerprint density at radius 2 is 1.59 bits per heavy atom. The molecule has 2 amide bonds. The molecule has 37 heavy (non-hydrogen) atoms. The number of hydrogen-bond donors (Lipinski definition) is 3. The first-order valence-corrected chi connectivity index (χ1v) is 10.7. The number of nitrogens with one attached hydrogen (secondary N) is 3. The molecule has 1 unspecified atom stereocenters. The Morgan fingerprint density at radius 1 is 0.919 bits per heavy atom. The van der Waals surface area contributed by atoms with Crippen LogP contribution in [0.15, 0.2) is 54.7 Å². The van der Waals surface area contributed by atoms with E-state index in [1.165, 1.54) is 25.3 Å². The molecule has 0 spiro atoms. The number of ether oxygens (including phenoxy) is 2. The van der Waals surface area contributed by atoms with Crippen molar-refractivity contribution in [2.45, 2.75) is 12.5 Å². The van der Waals surface area contributed by atoms with Gasteiger partial charge in [0.05, 0.1) is 7.11 Å². The van der Waals surface area contributed by atoms with E-state index >= 15 is 0 Å². The summed E-state index contributed by atoms with van der Waals surface area (Å²) in [5.41, 5.74) is 1.63. The van der Waals surface area contributed by atoms with E-state index in [1.54, 1.807) is 6.20 Å². The molecular formula is C25H18F5N3O4. The van der Waals surface area contributed by atoms with E-state index < -0.39 is 52.9 Å². The Kier molecular flexibility index (Phi) is 7.27. The number of amides is 2. The Labute approximate surface area is 206 Å². The zero-order chi connectivity index (χ0) is 26.7. The highest BCUT2D eigenvalue weighted by Gasteiger charge is 2.28. The molecule has 0 aliphatic carbocycles. The highest BCUT2D eigenvalue weighted by atomic mass is 19.2. The second-order valence-electron chi connectivity index (χ2n) is 7.77. The number of rotatable bonds is 7. The van der Waals surface area contributed by atoms with Crippen LogP contribution in [0.25, 0.3) is 10.9 Å². The fourth-order valence-corrected chi connectivity index (χ4v) is 3.61. The number of carbonyl (C=O) groups excluding carboxylic acids is 2. The number of H-pyrrole nitrogens is 1. The van der Waals surface area contributed by atoms with E-state index in [4.69, 9.17) is 9.47 Å². The normalized spacial score (nSPS) is 11.7.